The molecule has 0 aliphatic carbocycles. The van der Waals surface area contributed by atoms with Gasteiger partial charge in [-0.05, 0) is 36.2 Å². The van der Waals surface area contributed by atoms with Gasteiger partial charge in [-0.25, -0.2) is 4.39 Å². The molecule has 0 saturated carbocycles. The number of halogens is 3. The van der Waals surface area contributed by atoms with Gasteiger partial charge in [0.25, 0.3) is 0 Å². The van der Waals surface area contributed by atoms with E-state index in [2.05, 4.69) is 15.9 Å². The fraction of sp³-hybridized carbons (Fsp3) is 0.250. The zero-order valence-electron chi connectivity index (χ0n) is 11.0. The monoisotopic (exact) mass is 356 g/mol. The van der Waals surface area contributed by atoms with Crippen LogP contribution in [0.1, 0.15) is 18.1 Å². The van der Waals surface area contributed by atoms with E-state index in [1.165, 1.54) is 6.07 Å². The van der Waals surface area contributed by atoms with E-state index in [0.717, 1.165) is 10.0 Å². The van der Waals surface area contributed by atoms with Crippen LogP contribution in [0.25, 0.3) is 0 Å². The van der Waals surface area contributed by atoms with E-state index in [-0.39, 0.29) is 12.2 Å². The van der Waals surface area contributed by atoms with Gasteiger partial charge in [0.1, 0.15) is 5.82 Å². The molecule has 20 heavy (non-hydrogen) atoms. The molecule has 0 aliphatic heterocycles. The molecule has 106 valence electrons. The van der Waals surface area contributed by atoms with E-state index < -0.39 is 5.60 Å². The molecule has 2 aromatic rings. The predicted octanol–water partition coefficient (Wildman–Crippen LogP) is 4.78. The van der Waals surface area contributed by atoms with Gasteiger partial charge in [0.15, 0.2) is 0 Å². The highest BCUT2D eigenvalue weighted by atomic mass is 79.9. The molecule has 0 radical (unpaired) electrons. The van der Waals surface area contributed by atoms with Gasteiger partial charge in [0.05, 0.1) is 5.60 Å². The zero-order chi connectivity index (χ0) is 14.8. The number of rotatable bonds is 4. The molecule has 2 rings (SSSR count). The summed E-state index contributed by atoms with van der Waals surface area (Å²) in [6, 6.07) is 12.0. The predicted molar refractivity (Wildman–Crippen MR) is 83.6 cm³/mol. The summed E-state index contributed by atoms with van der Waals surface area (Å²) in [5, 5.41) is 11.1. The topological polar surface area (TPSA) is 20.2 Å². The summed E-state index contributed by atoms with van der Waals surface area (Å²) >= 11 is 9.50. The van der Waals surface area contributed by atoms with Crippen molar-refractivity contribution in [3.8, 4) is 0 Å². The van der Waals surface area contributed by atoms with E-state index in [0.29, 0.717) is 17.0 Å². The SMILES string of the molecule is CC(O)(Cc1ccccc1F)Cc1ccc(Br)cc1Cl. The Morgan fingerprint density at radius 1 is 1.15 bits per heavy atom. The van der Waals surface area contributed by atoms with Crippen molar-refractivity contribution in [3.05, 3.63) is 68.9 Å². The van der Waals surface area contributed by atoms with Crippen LogP contribution in [0.5, 0.6) is 0 Å². The largest absolute Gasteiger partial charge is 0.389 e. The molecule has 0 saturated heterocycles. The molecule has 1 nitrogen and oxygen atoms in total. The van der Waals surface area contributed by atoms with Crippen LogP contribution in [0, 0.1) is 5.82 Å². The first-order valence-corrected chi connectivity index (χ1v) is 7.44. The molecule has 4 heteroatoms. The molecule has 1 unspecified atom stereocenters. The van der Waals surface area contributed by atoms with Crippen LogP contribution in [-0.2, 0) is 12.8 Å². The van der Waals surface area contributed by atoms with E-state index in [4.69, 9.17) is 11.6 Å². The molecule has 0 fully saturated rings. The van der Waals surface area contributed by atoms with E-state index >= 15 is 0 Å². The van der Waals surface area contributed by atoms with Gasteiger partial charge in [-0.3, -0.25) is 0 Å². The van der Waals surface area contributed by atoms with Crippen molar-refractivity contribution >= 4 is 27.5 Å². The van der Waals surface area contributed by atoms with Crippen molar-refractivity contribution in [2.24, 2.45) is 0 Å². The highest BCUT2D eigenvalue weighted by Gasteiger charge is 2.24. The first kappa shape index (κ1) is 15.5. The van der Waals surface area contributed by atoms with Gasteiger partial charge in [-0.2, -0.15) is 0 Å². The first-order chi connectivity index (χ1) is 9.37. The fourth-order valence-electron chi connectivity index (χ4n) is 2.19. The number of benzene rings is 2. The molecule has 0 aliphatic rings. The smallest absolute Gasteiger partial charge is 0.126 e. The molecule has 0 heterocycles. The van der Waals surface area contributed by atoms with Gasteiger partial charge in [0, 0.05) is 22.3 Å². The Labute approximate surface area is 131 Å². The minimum atomic E-state index is -1.06. The Kier molecular flexibility index (Phi) is 4.84. The van der Waals surface area contributed by atoms with Crippen LogP contribution >= 0.6 is 27.5 Å². The molecular weight excluding hydrogens is 343 g/mol. The molecule has 1 N–H and O–H groups in total. The molecule has 0 spiro atoms. The first-order valence-electron chi connectivity index (χ1n) is 6.27. The van der Waals surface area contributed by atoms with Gasteiger partial charge < -0.3 is 5.11 Å². The van der Waals surface area contributed by atoms with Crippen molar-refractivity contribution in [1.82, 2.24) is 0 Å². The lowest BCUT2D eigenvalue weighted by Gasteiger charge is -2.24. The lowest BCUT2D eigenvalue weighted by molar-refractivity contribution is 0.0599. The number of hydrogen-bond acceptors (Lipinski definition) is 1. The third-order valence-electron chi connectivity index (χ3n) is 3.12. The normalized spacial score (nSPS) is 14.1. The Morgan fingerprint density at radius 2 is 1.80 bits per heavy atom. The van der Waals surface area contributed by atoms with E-state index in [9.17, 15) is 9.50 Å². The molecule has 0 aromatic heterocycles. The summed E-state index contributed by atoms with van der Waals surface area (Å²) in [4.78, 5) is 0. The van der Waals surface area contributed by atoms with Crippen LogP contribution in [0.3, 0.4) is 0 Å². The quantitative estimate of drug-likeness (QED) is 0.835. The Bertz CT molecular complexity index is 613. The molecule has 2 aromatic carbocycles. The van der Waals surface area contributed by atoms with Gasteiger partial charge in [0.2, 0.25) is 0 Å². The van der Waals surface area contributed by atoms with Crippen molar-refractivity contribution in [2.75, 3.05) is 0 Å². The summed E-state index contributed by atoms with van der Waals surface area (Å²) < 4.78 is 14.5. The highest BCUT2D eigenvalue weighted by Crippen LogP contribution is 2.27. The van der Waals surface area contributed by atoms with Crippen LogP contribution in [-0.4, -0.2) is 10.7 Å². The Morgan fingerprint density at radius 3 is 2.45 bits per heavy atom. The maximum absolute atomic E-state index is 13.6. The third kappa shape index (κ3) is 4.05. The van der Waals surface area contributed by atoms with Gasteiger partial charge >= 0.3 is 0 Å². The Balaban J connectivity index is 2.17. The second kappa shape index (κ2) is 6.25. The average Bonchev–Trinajstić information content (AvgIpc) is 2.35. The zero-order valence-corrected chi connectivity index (χ0v) is 13.4. The third-order valence-corrected chi connectivity index (χ3v) is 3.96. The minimum absolute atomic E-state index is 0.242. The van der Waals surface area contributed by atoms with E-state index in [1.54, 1.807) is 31.2 Å². The van der Waals surface area contributed by atoms with Crippen molar-refractivity contribution < 1.29 is 9.50 Å². The molecule has 0 bridgehead atoms. The number of hydrogen-bond donors (Lipinski definition) is 1. The summed E-state index contributed by atoms with van der Waals surface area (Å²) in [6.45, 7) is 1.69. The maximum atomic E-state index is 13.6. The lowest BCUT2D eigenvalue weighted by atomic mass is 9.89. The standard InChI is InChI=1S/C16H15BrClFO/c1-16(20,10-12-4-2-3-5-15(12)19)9-11-6-7-13(17)8-14(11)18/h2-8,20H,9-10H2,1H3. The Hall–Kier alpha value is -0.900. The molecular formula is C16H15BrClFO. The molecule has 1 atom stereocenters. The van der Waals surface area contributed by atoms with Crippen LogP contribution in [0.2, 0.25) is 5.02 Å². The average molecular weight is 358 g/mol. The van der Waals surface area contributed by atoms with Crippen molar-refractivity contribution in [3.63, 3.8) is 0 Å². The van der Waals surface area contributed by atoms with E-state index in [1.807, 2.05) is 12.1 Å². The summed E-state index contributed by atoms with van der Waals surface area (Å²) in [7, 11) is 0. The van der Waals surface area contributed by atoms with Crippen molar-refractivity contribution in [1.29, 1.82) is 0 Å². The van der Waals surface area contributed by atoms with Crippen LogP contribution < -0.4 is 0 Å². The second-order valence-electron chi connectivity index (χ2n) is 5.18. The van der Waals surface area contributed by atoms with Gasteiger partial charge in [-0.1, -0.05) is 51.8 Å². The highest BCUT2D eigenvalue weighted by molar-refractivity contribution is 9.10. The van der Waals surface area contributed by atoms with Gasteiger partial charge in [-0.15, -0.1) is 0 Å². The summed E-state index contributed by atoms with van der Waals surface area (Å²) in [5.41, 5.74) is 0.293. The van der Waals surface area contributed by atoms with Crippen molar-refractivity contribution in [2.45, 2.75) is 25.4 Å². The lowest BCUT2D eigenvalue weighted by Crippen LogP contribution is -2.30. The second-order valence-corrected chi connectivity index (χ2v) is 6.50. The summed E-state index contributed by atoms with van der Waals surface area (Å²) in [5.74, 6) is -0.297. The van der Waals surface area contributed by atoms with Crippen LogP contribution in [0.4, 0.5) is 4.39 Å². The van der Waals surface area contributed by atoms with Crippen LogP contribution in [0.15, 0.2) is 46.9 Å². The number of aliphatic hydroxyl groups is 1. The summed E-state index contributed by atoms with van der Waals surface area (Å²) in [6.07, 6.45) is 0.611. The molecule has 0 amide bonds. The fourth-order valence-corrected chi connectivity index (χ4v) is 2.93. The minimum Gasteiger partial charge on any atom is -0.389 e. The maximum Gasteiger partial charge on any atom is 0.126 e.